The standard InChI is InChI=1S/C16H24N2O/c1-3-14(2)16(19)18-11-9-17(10-12-18)13-15-7-5-4-6-8-15/h4-8,14H,3,9-13H2,1-2H3/p+1. The molecule has 1 fully saturated rings. The number of piperazine rings is 1. The van der Waals surface area contributed by atoms with E-state index in [2.05, 4.69) is 37.3 Å². The third kappa shape index (κ3) is 3.80. The van der Waals surface area contributed by atoms with Crippen LogP contribution in [0.5, 0.6) is 0 Å². The van der Waals surface area contributed by atoms with Gasteiger partial charge in [0.1, 0.15) is 6.54 Å². The summed E-state index contributed by atoms with van der Waals surface area (Å²) < 4.78 is 0. The minimum absolute atomic E-state index is 0.177. The van der Waals surface area contributed by atoms with Gasteiger partial charge in [-0.25, -0.2) is 0 Å². The molecule has 0 aromatic heterocycles. The fourth-order valence-electron chi connectivity index (χ4n) is 2.59. The Labute approximate surface area is 116 Å². The molecule has 1 heterocycles. The quantitative estimate of drug-likeness (QED) is 0.858. The minimum atomic E-state index is 0.177. The highest BCUT2D eigenvalue weighted by Gasteiger charge is 2.25. The summed E-state index contributed by atoms with van der Waals surface area (Å²) in [5, 5.41) is 0. The molecule has 0 bridgehead atoms. The van der Waals surface area contributed by atoms with E-state index in [1.807, 2.05) is 11.8 Å². The lowest BCUT2D eigenvalue weighted by atomic mass is 10.1. The summed E-state index contributed by atoms with van der Waals surface area (Å²) in [4.78, 5) is 15.7. The van der Waals surface area contributed by atoms with Crippen molar-refractivity contribution >= 4 is 5.91 Å². The molecule has 1 N–H and O–H groups in total. The van der Waals surface area contributed by atoms with E-state index in [4.69, 9.17) is 0 Å². The highest BCUT2D eigenvalue weighted by Crippen LogP contribution is 2.06. The first-order chi connectivity index (χ1) is 9.20. The van der Waals surface area contributed by atoms with Gasteiger partial charge in [0.15, 0.2) is 0 Å². The molecule has 0 radical (unpaired) electrons. The van der Waals surface area contributed by atoms with Gasteiger partial charge in [-0.2, -0.15) is 0 Å². The van der Waals surface area contributed by atoms with Gasteiger partial charge in [0.25, 0.3) is 0 Å². The molecule has 19 heavy (non-hydrogen) atoms. The molecular weight excluding hydrogens is 236 g/mol. The topological polar surface area (TPSA) is 24.8 Å². The Morgan fingerprint density at radius 3 is 2.47 bits per heavy atom. The average Bonchev–Trinajstić information content (AvgIpc) is 2.47. The van der Waals surface area contributed by atoms with Gasteiger partial charge < -0.3 is 9.80 Å². The van der Waals surface area contributed by atoms with Gasteiger partial charge >= 0.3 is 0 Å². The van der Waals surface area contributed by atoms with E-state index in [1.54, 1.807) is 4.90 Å². The van der Waals surface area contributed by atoms with E-state index in [-0.39, 0.29) is 5.92 Å². The first-order valence-electron chi connectivity index (χ1n) is 7.37. The molecule has 1 atom stereocenters. The number of quaternary nitrogens is 1. The zero-order chi connectivity index (χ0) is 13.7. The summed E-state index contributed by atoms with van der Waals surface area (Å²) in [5.74, 6) is 0.511. The normalized spacial score (nSPS) is 18.3. The van der Waals surface area contributed by atoms with E-state index in [0.29, 0.717) is 5.91 Å². The maximum absolute atomic E-state index is 12.1. The fourth-order valence-corrected chi connectivity index (χ4v) is 2.59. The molecular formula is C16H25N2O+. The highest BCUT2D eigenvalue weighted by molar-refractivity contribution is 5.78. The van der Waals surface area contributed by atoms with Crippen molar-refractivity contribution in [1.82, 2.24) is 4.90 Å². The lowest BCUT2D eigenvalue weighted by molar-refractivity contribution is -0.917. The number of carbonyl (C=O) groups excluding carboxylic acids is 1. The number of carbonyl (C=O) groups is 1. The zero-order valence-corrected chi connectivity index (χ0v) is 12.1. The summed E-state index contributed by atoms with van der Waals surface area (Å²) in [6.07, 6.45) is 0.940. The van der Waals surface area contributed by atoms with Crippen molar-refractivity contribution in [1.29, 1.82) is 0 Å². The van der Waals surface area contributed by atoms with E-state index in [1.165, 1.54) is 5.56 Å². The first-order valence-corrected chi connectivity index (χ1v) is 7.37. The SMILES string of the molecule is CCC(C)C(=O)N1CC[NH+](Cc2ccccc2)CC1. The number of hydrogen-bond acceptors (Lipinski definition) is 1. The van der Waals surface area contributed by atoms with Crippen LogP contribution < -0.4 is 4.90 Å². The number of rotatable bonds is 4. The number of benzene rings is 1. The molecule has 104 valence electrons. The zero-order valence-electron chi connectivity index (χ0n) is 12.1. The molecule has 2 rings (SSSR count). The molecule has 1 aliphatic rings. The molecule has 1 amide bonds. The van der Waals surface area contributed by atoms with Crippen LogP contribution in [0.1, 0.15) is 25.8 Å². The Hall–Kier alpha value is -1.35. The summed E-state index contributed by atoms with van der Waals surface area (Å²) in [7, 11) is 0. The van der Waals surface area contributed by atoms with E-state index < -0.39 is 0 Å². The Morgan fingerprint density at radius 2 is 1.89 bits per heavy atom. The second-order valence-electron chi connectivity index (χ2n) is 5.55. The van der Waals surface area contributed by atoms with E-state index >= 15 is 0 Å². The van der Waals surface area contributed by atoms with Gasteiger partial charge in [0, 0.05) is 11.5 Å². The number of nitrogens with zero attached hydrogens (tertiary/aromatic N) is 1. The van der Waals surface area contributed by atoms with Crippen LogP contribution in [0.4, 0.5) is 0 Å². The van der Waals surface area contributed by atoms with Crippen molar-refractivity contribution in [3.63, 3.8) is 0 Å². The van der Waals surface area contributed by atoms with Crippen LogP contribution in [-0.4, -0.2) is 37.0 Å². The van der Waals surface area contributed by atoms with Crippen LogP contribution >= 0.6 is 0 Å². The van der Waals surface area contributed by atoms with Crippen molar-refractivity contribution in [2.75, 3.05) is 26.2 Å². The lowest BCUT2D eigenvalue weighted by Crippen LogP contribution is -3.13. The van der Waals surface area contributed by atoms with Crippen molar-refractivity contribution in [2.45, 2.75) is 26.8 Å². The largest absolute Gasteiger partial charge is 0.331 e. The van der Waals surface area contributed by atoms with Crippen LogP contribution in [-0.2, 0) is 11.3 Å². The van der Waals surface area contributed by atoms with Crippen molar-refractivity contribution in [3.05, 3.63) is 35.9 Å². The highest BCUT2D eigenvalue weighted by atomic mass is 16.2. The Bertz CT molecular complexity index is 396. The molecule has 0 aliphatic carbocycles. The van der Waals surface area contributed by atoms with Gasteiger partial charge in [-0.15, -0.1) is 0 Å². The number of amides is 1. The minimum Gasteiger partial charge on any atom is -0.331 e. The molecule has 0 spiro atoms. The maximum Gasteiger partial charge on any atom is 0.225 e. The van der Waals surface area contributed by atoms with E-state index in [0.717, 1.165) is 39.1 Å². The Morgan fingerprint density at radius 1 is 1.26 bits per heavy atom. The molecule has 1 unspecified atom stereocenters. The molecule has 3 nitrogen and oxygen atoms in total. The molecule has 3 heteroatoms. The van der Waals surface area contributed by atoms with Crippen molar-refractivity contribution < 1.29 is 9.69 Å². The van der Waals surface area contributed by atoms with Crippen LogP contribution in [0.2, 0.25) is 0 Å². The van der Waals surface area contributed by atoms with Gasteiger partial charge in [0.05, 0.1) is 26.2 Å². The van der Waals surface area contributed by atoms with Gasteiger partial charge in [-0.05, 0) is 6.42 Å². The number of hydrogen-bond donors (Lipinski definition) is 1. The third-order valence-electron chi connectivity index (χ3n) is 4.11. The maximum atomic E-state index is 12.1. The summed E-state index contributed by atoms with van der Waals surface area (Å²) in [5.41, 5.74) is 1.39. The van der Waals surface area contributed by atoms with Gasteiger partial charge in [0.2, 0.25) is 5.91 Å². The van der Waals surface area contributed by atoms with Gasteiger partial charge in [-0.3, -0.25) is 4.79 Å². The predicted octanol–water partition coefficient (Wildman–Crippen LogP) is 0.960. The second kappa shape index (κ2) is 6.71. The molecule has 0 saturated carbocycles. The smallest absolute Gasteiger partial charge is 0.225 e. The van der Waals surface area contributed by atoms with Crippen LogP contribution in [0.25, 0.3) is 0 Å². The summed E-state index contributed by atoms with van der Waals surface area (Å²) in [6, 6.07) is 10.6. The lowest BCUT2D eigenvalue weighted by Gasteiger charge is -2.33. The van der Waals surface area contributed by atoms with Crippen molar-refractivity contribution in [2.24, 2.45) is 5.92 Å². The van der Waals surface area contributed by atoms with Crippen molar-refractivity contribution in [3.8, 4) is 0 Å². The summed E-state index contributed by atoms with van der Waals surface area (Å²) >= 11 is 0. The first kappa shape index (κ1) is 14.1. The fraction of sp³-hybridized carbons (Fsp3) is 0.562. The van der Waals surface area contributed by atoms with E-state index in [9.17, 15) is 4.79 Å². The number of nitrogens with one attached hydrogen (secondary N) is 1. The monoisotopic (exact) mass is 261 g/mol. The molecule has 1 aromatic carbocycles. The summed E-state index contributed by atoms with van der Waals surface area (Å²) in [6.45, 7) is 9.14. The average molecular weight is 261 g/mol. The second-order valence-corrected chi connectivity index (χ2v) is 5.55. The molecule has 1 saturated heterocycles. The third-order valence-corrected chi connectivity index (χ3v) is 4.11. The van der Waals surface area contributed by atoms with Gasteiger partial charge in [-0.1, -0.05) is 44.2 Å². The molecule has 1 aliphatic heterocycles. The Kier molecular flexibility index (Phi) is 4.97. The van der Waals surface area contributed by atoms with Crippen LogP contribution in [0.15, 0.2) is 30.3 Å². The van der Waals surface area contributed by atoms with Crippen LogP contribution in [0, 0.1) is 5.92 Å². The molecule has 1 aromatic rings. The van der Waals surface area contributed by atoms with Crippen LogP contribution in [0.3, 0.4) is 0 Å². The predicted molar refractivity (Wildman–Crippen MR) is 76.9 cm³/mol. The Balaban J connectivity index is 1.81.